The van der Waals surface area contributed by atoms with Crippen molar-refractivity contribution >= 4 is 28.2 Å². The van der Waals surface area contributed by atoms with Crippen molar-refractivity contribution in [2.24, 2.45) is 5.92 Å². The fraction of sp³-hybridized carbons (Fsp3) is 0.235. The third kappa shape index (κ3) is 3.63. The topological polar surface area (TPSA) is 37.0 Å². The zero-order valence-electron chi connectivity index (χ0n) is 11.7. The highest BCUT2D eigenvalue weighted by Gasteiger charge is 2.03. The quantitative estimate of drug-likeness (QED) is 0.800. The molecule has 3 rings (SSSR count). The fourth-order valence-corrected chi connectivity index (χ4v) is 2.61. The number of aromatic nitrogens is 1. The van der Waals surface area contributed by atoms with E-state index in [0.29, 0.717) is 10.9 Å². The lowest BCUT2D eigenvalue weighted by atomic mass is 10.2. The van der Waals surface area contributed by atoms with Gasteiger partial charge >= 0.3 is 0 Å². The molecule has 1 aliphatic carbocycles. The minimum atomic E-state index is 0.536. The van der Waals surface area contributed by atoms with Crippen molar-refractivity contribution in [1.29, 1.82) is 0 Å². The van der Waals surface area contributed by atoms with Crippen LogP contribution >= 0.6 is 11.6 Å². The molecule has 0 saturated carbocycles. The molecule has 2 N–H and O–H groups in total. The predicted octanol–water partition coefficient (Wildman–Crippen LogP) is 3.63. The number of pyridine rings is 1. The van der Waals surface area contributed by atoms with Gasteiger partial charge in [0.25, 0.3) is 0 Å². The van der Waals surface area contributed by atoms with Gasteiger partial charge in [0, 0.05) is 47.8 Å². The monoisotopic (exact) mass is 299 g/mol. The van der Waals surface area contributed by atoms with E-state index in [1.54, 1.807) is 0 Å². The van der Waals surface area contributed by atoms with Crippen molar-refractivity contribution in [2.75, 3.05) is 25.0 Å². The molecule has 0 fully saturated rings. The minimum absolute atomic E-state index is 0.536. The summed E-state index contributed by atoms with van der Waals surface area (Å²) in [5.41, 5.74) is 2.01. The van der Waals surface area contributed by atoms with Crippen molar-refractivity contribution in [3.8, 4) is 0 Å². The SMILES string of the molecule is Clc1ccc2c(NCCNCC3C=CC=C3)ccnc2c1. The Morgan fingerprint density at radius 3 is 2.81 bits per heavy atom. The van der Waals surface area contributed by atoms with Crippen LogP contribution in [0.25, 0.3) is 10.9 Å². The third-order valence-electron chi connectivity index (χ3n) is 3.53. The molecular weight excluding hydrogens is 282 g/mol. The Hall–Kier alpha value is -1.84. The molecule has 1 heterocycles. The maximum absolute atomic E-state index is 6.00. The molecule has 0 unspecified atom stereocenters. The molecule has 0 atom stereocenters. The first-order chi connectivity index (χ1) is 10.3. The van der Waals surface area contributed by atoms with Crippen LogP contribution < -0.4 is 10.6 Å². The first kappa shape index (κ1) is 14.1. The number of allylic oxidation sites excluding steroid dienone is 2. The molecular formula is C17H18ClN3. The normalized spacial score (nSPS) is 14.1. The lowest BCUT2D eigenvalue weighted by molar-refractivity contribution is 0.645. The lowest BCUT2D eigenvalue weighted by Crippen LogP contribution is -2.26. The Balaban J connectivity index is 1.53. The van der Waals surface area contributed by atoms with E-state index in [2.05, 4.69) is 39.9 Å². The van der Waals surface area contributed by atoms with Crippen molar-refractivity contribution in [1.82, 2.24) is 10.3 Å². The first-order valence-corrected chi connectivity index (χ1v) is 7.54. The lowest BCUT2D eigenvalue weighted by Gasteiger charge is -2.11. The highest BCUT2D eigenvalue weighted by Crippen LogP contribution is 2.24. The Bertz CT molecular complexity index is 667. The molecule has 0 aliphatic heterocycles. The second-order valence-electron chi connectivity index (χ2n) is 5.08. The summed E-state index contributed by atoms with van der Waals surface area (Å²) < 4.78 is 0. The summed E-state index contributed by atoms with van der Waals surface area (Å²) in [6, 6.07) is 7.79. The van der Waals surface area contributed by atoms with E-state index in [-0.39, 0.29) is 0 Å². The van der Waals surface area contributed by atoms with E-state index < -0.39 is 0 Å². The second kappa shape index (κ2) is 6.74. The molecule has 0 amide bonds. The minimum Gasteiger partial charge on any atom is -0.383 e. The maximum Gasteiger partial charge on any atom is 0.0737 e. The number of halogens is 1. The average Bonchev–Trinajstić information content (AvgIpc) is 3.00. The molecule has 1 aromatic heterocycles. The van der Waals surface area contributed by atoms with Gasteiger partial charge in [0.15, 0.2) is 0 Å². The largest absolute Gasteiger partial charge is 0.383 e. The molecule has 4 heteroatoms. The third-order valence-corrected chi connectivity index (χ3v) is 3.76. The second-order valence-corrected chi connectivity index (χ2v) is 5.52. The van der Waals surface area contributed by atoms with E-state index >= 15 is 0 Å². The first-order valence-electron chi connectivity index (χ1n) is 7.17. The molecule has 3 nitrogen and oxygen atoms in total. The van der Waals surface area contributed by atoms with Crippen molar-refractivity contribution in [3.63, 3.8) is 0 Å². The Kier molecular flexibility index (Phi) is 4.53. The number of nitrogens with one attached hydrogen (secondary N) is 2. The van der Waals surface area contributed by atoms with Gasteiger partial charge in [-0.05, 0) is 24.3 Å². The Morgan fingerprint density at radius 2 is 1.95 bits per heavy atom. The van der Waals surface area contributed by atoms with Crippen LogP contribution in [0.4, 0.5) is 5.69 Å². The summed E-state index contributed by atoms with van der Waals surface area (Å²) in [6.45, 7) is 2.79. The van der Waals surface area contributed by atoms with Gasteiger partial charge in [-0.3, -0.25) is 4.98 Å². The van der Waals surface area contributed by atoms with Crippen LogP contribution in [0.3, 0.4) is 0 Å². The molecule has 0 saturated heterocycles. The summed E-state index contributed by atoms with van der Waals surface area (Å²) >= 11 is 6.00. The van der Waals surface area contributed by atoms with Crippen LogP contribution in [0, 0.1) is 5.92 Å². The van der Waals surface area contributed by atoms with Gasteiger partial charge in [-0.25, -0.2) is 0 Å². The number of fused-ring (bicyclic) bond motifs is 1. The van der Waals surface area contributed by atoms with Gasteiger partial charge in [-0.2, -0.15) is 0 Å². The zero-order chi connectivity index (χ0) is 14.5. The molecule has 0 bridgehead atoms. The van der Waals surface area contributed by atoms with Crippen molar-refractivity contribution < 1.29 is 0 Å². The van der Waals surface area contributed by atoms with Crippen LogP contribution in [0.5, 0.6) is 0 Å². The van der Waals surface area contributed by atoms with Gasteiger partial charge in [-0.1, -0.05) is 35.9 Å². The maximum atomic E-state index is 6.00. The summed E-state index contributed by atoms with van der Waals surface area (Å²) in [6.07, 6.45) is 10.4. The molecule has 108 valence electrons. The number of rotatable bonds is 6. The highest BCUT2D eigenvalue weighted by atomic mass is 35.5. The fourth-order valence-electron chi connectivity index (χ4n) is 2.44. The smallest absolute Gasteiger partial charge is 0.0737 e. The van der Waals surface area contributed by atoms with E-state index in [4.69, 9.17) is 11.6 Å². The van der Waals surface area contributed by atoms with Crippen LogP contribution in [-0.4, -0.2) is 24.6 Å². The number of hydrogen-bond acceptors (Lipinski definition) is 3. The Morgan fingerprint density at radius 1 is 1.10 bits per heavy atom. The molecule has 0 radical (unpaired) electrons. The molecule has 2 aromatic rings. The van der Waals surface area contributed by atoms with Gasteiger partial charge in [-0.15, -0.1) is 0 Å². The summed E-state index contributed by atoms with van der Waals surface area (Å²) in [7, 11) is 0. The summed E-state index contributed by atoms with van der Waals surface area (Å²) in [5.74, 6) is 0.536. The van der Waals surface area contributed by atoms with Crippen LogP contribution in [-0.2, 0) is 0 Å². The highest BCUT2D eigenvalue weighted by molar-refractivity contribution is 6.31. The summed E-state index contributed by atoms with van der Waals surface area (Å²) in [5, 5.41) is 8.72. The van der Waals surface area contributed by atoms with Crippen molar-refractivity contribution in [3.05, 3.63) is 59.8 Å². The van der Waals surface area contributed by atoms with Crippen LogP contribution in [0.15, 0.2) is 54.8 Å². The van der Waals surface area contributed by atoms with E-state index in [1.807, 2.05) is 30.5 Å². The van der Waals surface area contributed by atoms with E-state index in [0.717, 1.165) is 36.2 Å². The molecule has 1 aromatic carbocycles. The van der Waals surface area contributed by atoms with Crippen molar-refractivity contribution in [2.45, 2.75) is 0 Å². The number of hydrogen-bond donors (Lipinski definition) is 2. The van der Waals surface area contributed by atoms with Gasteiger partial charge in [0.2, 0.25) is 0 Å². The van der Waals surface area contributed by atoms with E-state index in [9.17, 15) is 0 Å². The number of nitrogens with zero attached hydrogens (tertiary/aromatic N) is 1. The number of benzene rings is 1. The molecule has 0 spiro atoms. The zero-order valence-corrected chi connectivity index (χ0v) is 12.5. The standard InChI is InChI=1S/C17H18ClN3/c18-14-5-6-15-16(7-8-20-17(15)11-14)21-10-9-19-12-13-3-1-2-4-13/h1-8,11,13,19H,9-10,12H2,(H,20,21). The average molecular weight is 300 g/mol. The van der Waals surface area contributed by atoms with Gasteiger partial charge in [0.05, 0.1) is 5.52 Å². The van der Waals surface area contributed by atoms with Crippen LogP contribution in [0.1, 0.15) is 0 Å². The van der Waals surface area contributed by atoms with E-state index in [1.165, 1.54) is 0 Å². The summed E-state index contributed by atoms with van der Waals surface area (Å²) in [4.78, 5) is 4.34. The Labute approximate surface area is 129 Å². The van der Waals surface area contributed by atoms with Crippen LogP contribution in [0.2, 0.25) is 5.02 Å². The predicted molar refractivity (Wildman–Crippen MR) is 89.9 cm³/mol. The van der Waals surface area contributed by atoms with Gasteiger partial charge in [0.1, 0.15) is 0 Å². The molecule has 1 aliphatic rings. The van der Waals surface area contributed by atoms with Gasteiger partial charge < -0.3 is 10.6 Å². The number of anilines is 1. The molecule has 21 heavy (non-hydrogen) atoms.